The second-order valence-corrected chi connectivity index (χ2v) is 23.8. The van der Waals surface area contributed by atoms with Gasteiger partial charge in [-0.15, -0.1) is 0 Å². The number of anilines is 15. The largest absolute Gasteiger partial charge is 0.356 e. The van der Waals surface area contributed by atoms with Crippen LogP contribution in [0.15, 0.2) is 291 Å². The van der Waals surface area contributed by atoms with Crippen LogP contribution in [0.25, 0.3) is 33.4 Å². The van der Waals surface area contributed by atoms with E-state index in [2.05, 4.69) is 322 Å². The maximum atomic E-state index is 3.86. The SMILES string of the molecule is c1ccc(N2c3ccc(-c4cc(-c5ccc6c(c5)B5c7ccccc7Nc7cccc(c75)N6c5ccccc5)cc(-c5ccc6c(c5)B5c7ccccc7Nc7cccc(c75)N6c5ccccc5)c4)cc3B3c4ccccc4Nc4cccc2c43)cc1. The molecule has 87 heavy (non-hydrogen) atoms. The van der Waals surface area contributed by atoms with Gasteiger partial charge in [-0.25, -0.2) is 0 Å². The quantitative estimate of drug-likeness (QED) is 0.144. The molecule has 6 nitrogen and oxygen atoms in total. The van der Waals surface area contributed by atoms with Gasteiger partial charge in [0.05, 0.1) is 0 Å². The molecule has 0 aliphatic carbocycles. The molecule has 0 atom stereocenters. The standard InChI is InChI=1S/C78H51B3N6/c1-4-19-55(20-5-1)85-70-40-37-49(46-61(70)79-58-25-10-13-28-64(58)82-67-31-16-34-73(85)76(67)79)52-43-53(50-38-41-71-62(47-50)80-59-26-11-14-29-65(59)83-68-32-17-35-74(77(68)80)86(71)56-21-6-2-7-22-56)45-54(44-52)51-39-42-72-63(48-51)81-60-27-12-15-30-66(60)84-69-33-18-36-75(78(69)81)87(72)57-23-8-3-9-24-57/h1-48,82-84H. The van der Waals surface area contributed by atoms with Gasteiger partial charge in [-0.1, -0.05) is 164 Å². The molecule has 0 amide bonds. The van der Waals surface area contributed by atoms with Crippen molar-refractivity contribution < 1.29 is 0 Å². The van der Waals surface area contributed by atoms with E-state index in [1.54, 1.807) is 0 Å². The summed E-state index contributed by atoms with van der Waals surface area (Å²) >= 11 is 0. The summed E-state index contributed by atoms with van der Waals surface area (Å²) in [5.41, 5.74) is 36.0. The molecule has 3 N–H and O–H groups in total. The molecular weight excluding hydrogens is 1050 g/mol. The summed E-state index contributed by atoms with van der Waals surface area (Å²) in [6.07, 6.45) is 0. The Morgan fingerprint density at radius 3 is 0.782 bits per heavy atom. The van der Waals surface area contributed by atoms with Gasteiger partial charge in [-0.05, 0) is 210 Å². The molecule has 402 valence electrons. The molecule has 0 fully saturated rings. The van der Waals surface area contributed by atoms with Gasteiger partial charge in [0.15, 0.2) is 0 Å². The molecule has 6 aliphatic rings. The van der Waals surface area contributed by atoms with Gasteiger partial charge in [0.1, 0.15) is 0 Å². The highest BCUT2D eigenvalue weighted by Crippen LogP contribution is 2.46. The number of rotatable bonds is 6. The Kier molecular flexibility index (Phi) is 10.4. The van der Waals surface area contributed by atoms with Crippen molar-refractivity contribution in [1.29, 1.82) is 0 Å². The van der Waals surface area contributed by atoms with Crippen molar-refractivity contribution in [3.05, 3.63) is 291 Å². The van der Waals surface area contributed by atoms with Gasteiger partial charge in [-0.3, -0.25) is 0 Å². The maximum absolute atomic E-state index is 3.86. The van der Waals surface area contributed by atoms with E-state index in [0.29, 0.717) is 0 Å². The molecule has 0 spiro atoms. The second kappa shape index (κ2) is 18.7. The highest BCUT2D eigenvalue weighted by Gasteiger charge is 2.44. The maximum Gasteiger partial charge on any atom is 0.252 e. The summed E-state index contributed by atoms with van der Waals surface area (Å²) < 4.78 is 0. The topological polar surface area (TPSA) is 45.8 Å². The first-order chi connectivity index (χ1) is 43.1. The fourth-order valence-electron chi connectivity index (χ4n) is 15.5. The highest BCUT2D eigenvalue weighted by atomic mass is 15.2. The fourth-order valence-corrected chi connectivity index (χ4v) is 15.5. The molecule has 19 rings (SSSR count). The summed E-state index contributed by atoms with van der Waals surface area (Å²) in [6, 6.07) is 109. The van der Waals surface area contributed by atoms with Crippen LogP contribution in [-0.4, -0.2) is 20.1 Å². The summed E-state index contributed by atoms with van der Waals surface area (Å²) in [7, 11) is 0. The molecule has 0 radical (unpaired) electrons. The molecule has 13 aromatic rings. The monoisotopic (exact) mass is 1100 g/mol. The van der Waals surface area contributed by atoms with Gasteiger partial charge in [-0.2, -0.15) is 0 Å². The minimum Gasteiger partial charge on any atom is -0.356 e. The Balaban J connectivity index is 0.848. The number of para-hydroxylation sites is 6. The Bertz CT molecular complexity index is 4520. The van der Waals surface area contributed by atoms with E-state index in [-0.39, 0.29) is 20.1 Å². The normalized spacial score (nSPS) is 13.7. The van der Waals surface area contributed by atoms with Crippen LogP contribution in [-0.2, 0) is 0 Å². The van der Waals surface area contributed by atoms with Crippen LogP contribution < -0.4 is 79.8 Å². The third-order valence-electron chi connectivity index (χ3n) is 19.2. The molecular formula is C78H51B3N6. The van der Waals surface area contributed by atoms with Crippen molar-refractivity contribution in [2.75, 3.05) is 30.7 Å². The molecule has 0 aromatic heterocycles. The van der Waals surface area contributed by atoms with Gasteiger partial charge >= 0.3 is 0 Å². The number of fused-ring (bicyclic) bond motifs is 12. The van der Waals surface area contributed by atoms with Crippen LogP contribution >= 0.6 is 0 Å². The summed E-state index contributed by atoms with van der Waals surface area (Å²) in [4.78, 5) is 7.40. The predicted molar refractivity (Wildman–Crippen MR) is 370 cm³/mol. The molecule has 9 heteroatoms. The number of nitrogens with zero attached hydrogens (tertiary/aromatic N) is 3. The zero-order valence-corrected chi connectivity index (χ0v) is 47.3. The van der Waals surface area contributed by atoms with E-state index in [9.17, 15) is 0 Å². The smallest absolute Gasteiger partial charge is 0.252 e. The van der Waals surface area contributed by atoms with E-state index < -0.39 is 0 Å². The molecule has 0 unspecified atom stereocenters. The van der Waals surface area contributed by atoms with Gasteiger partial charge < -0.3 is 30.7 Å². The van der Waals surface area contributed by atoms with E-state index in [1.165, 1.54) is 100.0 Å². The molecule has 6 heterocycles. The number of nitrogens with one attached hydrogen (secondary N) is 3. The van der Waals surface area contributed by atoms with E-state index in [4.69, 9.17) is 0 Å². The lowest BCUT2D eigenvalue weighted by Gasteiger charge is -2.41. The van der Waals surface area contributed by atoms with Crippen LogP contribution in [0.3, 0.4) is 0 Å². The van der Waals surface area contributed by atoms with Gasteiger partial charge in [0.25, 0.3) is 20.1 Å². The first-order valence-corrected chi connectivity index (χ1v) is 30.3. The zero-order chi connectivity index (χ0) is 56.8. The molecule has 0 bridgehead atoms. The van der Waals surface area contributed by atoms with E-state index in [0.717, 1.165) is 67.9 Å². The molecule has 0 saturated carbocycles. The summed E-state index contributed by atoms with van der Waals surface area (Å²) in [6.45, 7) is 0.0247. The lowest BCUT2D eigenvalue weighted by molar-refractivity contribution is 1.29. The molecule has 6 aliphatic heterocycles. The Morgan fingerprint density at radius 2 is 0.471 bits per heavy atom. The average Bonchev–Trinajstić information content (AvgIpc) is 1.36. The third-order valence-corrected chi connectivity index (χ3v) is 19.2. The lowest BCUT2D eigenvalue weighted by atomic mass is 9.33. The number of benzene rings is 13. The number of hydrogen-bond donors (Lipinski definition) is 3. The Morgan fingerprint density at radius 1 is 0.195 bits per heavy atom. The predicted octanol–water partition coefficient (Wildman–Crippen LogP) is 13.8. The van der Waals surface area contributed by atoms with Crippen molar-refractivity contribution in [3.63, 3.8) is 0 Å². The van der Waals surface area contributed by atoms with Crippen molar-refractivity contribution in [2.24, 2.45) is 0 Å². The van der Waals surface area contributed by atoms with Gasteiger partial charge in [0, 0.05) is 85.3 Å². The van der Waals surface area contributed by atoms with Crippen molar-refractivity contribution in [2.45, 2.75) is 0 Å². The average molecular weight is 1100 g/mol. The highest BCUT2D eigenvalue weighted by molar-refractivity contribution is 7.01. The summed E-state index contributed by atoms with van der Waals surface area (Å²) in [5, 5.41) is 11.6. The first-order valence-electron chi connectivity index (χ1n) is 30.3. The van der Waals surface area contributed by atoms with Crippen molar-refractivity contribution in [3.8, 4) is 33.4 Å². The zero-order valence-electron chi connectivity index (χ0n) is 47.3. The van der Waals surface area contributed by atoms with Crippen LogP contribution in [0.4, 0.5) is 85.3 Å². The third kappa shape index (κ3) is 7.20. The van der Waals surface area contributed by atoms with Crippen molar-refractivity contribution in [1.82, 2.24) is 0 Å². The van der Waals surface area contributed by atoms with Gasteiger partial charge in [0.2, 0.25) is 0 Å². The van der Waals surface area contributed by atoms with Crippen molar-refractivity contribution >= 4 is 155 Å². The minimum absolute atomic E-state index is 0.00823. The minimum atomic E-state index is 0.00823. The van der Waals surface area contributed by atoms with Crippen LogP contribution in [0.1, 0.15) is 0 Å². The molecule has 0 saturated heterocycles. The van der Waals surface area contributed by atoms with E-state index in [1.807, 2.05) is 0 Å². The summed E-state index contributed by atoms with van der Waals surface area (Å²) in [5.74, 6) is 0. The lowest BCUT2D eigenvalue weighted by Crippen LogP contribution is -2.60. The Labute approximate surface area is 506 Å². The van der Waals surface area contributed by atoms with Crippen LogP contribution in [0.2, 0.25) is 0 Å². The van der Waals surface area contributed by atoms with E-state index >= 15 is 0 Å². The second-order valence-electron chi connectivity index (χ2n) is 23.8. The van der Waals surface area contributed by atoms with Crippen LogP contribution in [0, 0.1) is 0 Å². The fraction of sp³-hybridized carbons (Fsp3) is 0. The Hall–Kier alpha value is -11.1. The first kappa shape index (κ1) is 48.3. The van der Waals surface area contributed by atoms with Crippen LogP contribution in [0.5, 0.6) is 0 Å². The molecule has 13 aromatic carbocycles. The number of hydrogen-bond acceptors (Lipinski definition) is 6.